The van der Waals surface area contributed by atoms with Crippen LogP contribution in [-0.2, 0) is 18.2 Å². The lowest BCUT2D eigenvalue weighted by molar-refractivity contribution is -0.0627. The first-order valence-corrected chi connectivity index (χ1v) is 5.70. The molecule has 2 rings (SSSR count). The monoisotopic (exact) mass is 230 g/mol. The molecule has 1 aromatic heterocycles. The normalized spacial score (nSPS) is 26.8. The minimum atomic E-state index is -0.275. The summed E-state index contributed by atoms with van der Waals surface area (Å²) in [5, 5.41) is 11.9. The van der Waals surface area contributed by atoms with E-state index in [0.717, 1.165) is 25.9 Å². The number of rotatable bonds is 3. The predicted molar refractivity (Wildman–Crippen MR) is 55.8 cm³/mol. The van der Waals surface area contributed by atoms with Gasteiger partial charge in [-0.1, -0.05) is 0 Å². The Morgan fingerprint density at radius 1 is 1.53 bits per heavy atom. The molecule has 0 amide bonds. The predicted octanol–water partition coefficient (Wildman–Crippen LogP) is 0.931. The van der Waals surface area contributed by atoms with E-state index in [1.807, 2.05) is 0 Å². The van der Waals surface area contributed by atoms with Gasteiger partial charge in [-0.25, -0.2) is 0 Å². The van der Waals surface area contributed by atoms with Crippen molar-refractivity contribution in [3.8, 4) is 0 Å². The number of halogens is 1. The van der Waals surface area contributed by atoms with E-state index >= 15 is 0 Å². The first-order chi connectivity index (χ1) is 7.24. The summed E-state index contributed by atoms with van der Waals surface area (Å²) >= 11 is 5.99. The molecule has 1 aliphatic heterocycles. The van der Waals surface area contributed by atoms with Crippen LogP contribution in [0.5, 0.6) is 0 Å². The van der Waals surface area contributed by atoms with E-state index < -0.39 is 0 Å². The zero-order valence-corrected chi connectivity index (χ0v) is 9.57. The van der Waals surface area contributed by atoms with Gasteiger partial charge in [0, 0.05) is 13.0 Å². The molecule has 15 heavy (non-hydrogen) atoms. The van der Waals surface area contributed by atoms with E-state index in [-0.39, 0.29) is 5.60 Å². The van der Waals surface area contributed by atoms with Gasteiger partial charge in [-0.3, -0.25) is 0 Å². The van der Waals surface area contributed by atoms with Gasteiger partial charge in [-0.2, -0.15) is 4.80 Å². The van der Waals surface area contributed by atoms with E-state index in [0.29, 0.717) is 18.1 Å². The highest BCUT2D eigenvalue weighted by Crippen LogP contribution is 2.28. The van der Waals surface area contributed by atoms with Crippen LogP contribution in [0.25, 0.3) is 0 Å². The molecule has 84 valence electrons. The molecule has 0 aliphatic carbocycles. The van der Waals surface area contributed by atoms with Crippen molar-refractivity contribution in [3.05, 3.63) is 5.82 Å². The van der Waals surface area contributed by atoms with E-state index in [1.54, 1.807) is 7.05 Å². The summed E-state index contributed by atoms with van der Waals surface area (Å²) in [6, 6.07) is 0. The third-order valence-electron chi connectivity index (χ3n) is 2.71. The van der Waals surface area contributed by atoms with Crippen LogP contribution in [0.2, 0.25) is 0 Å². The van der Waals surface area contributed by atoms with Crippen LogP contribution >= 0.6 is 11.6 Å². The second-order valence-corrected chi connectivity index (χ2v) is 4.26. The molecule has 1 fully saturated rings. The van der Waals surface area contributed by atoms with Crippen LogP contribution < -0.4 is 0 Å². The topological polar surface area (TPSA) is 52.8 Å². The average Bonchev–Trinajstić information content (AvgIpc) is 2.65. The molecule has 1 aromatic rings. The number of nitrogens with zero attached hydrogens (tertiary/aromatic N) is 4. The Morgan fingerprint density at radius 2 is 2.40 bits per heavy atom. The second-order valence-electron chi connectivity index (χ2n) is 3.99. The van der Waals surface area contributed by atoms with Crippen molar-refractivity contribution in [2.45, 2.75) is 31.3 Å². The van der Waals surface area contributed by atoms with Crippen molar-refractivity contribution in [3.63, 3.8) is 0 Å². The maximum atomic E-state index is 5.99. The molecule has 0 bridgehead atoms. The Balaban J connectivity index is 2.06. The zero-order chi connectivity index (χ0) is 10.7. The number of hydrogen-bond donors (Lipinski definition) is 0. The van der Waals surface area contributed by atoms with E-state index in [4.69, 9.17) is 16.3 Å². The molecule has 1 atom stereocenters. The van der Waals surface area contributed by atoms with Crippen LogP contribution in [0, 0.1) is 0 Å². The number of tetrazole rings is 1. The highest BCUT2D eigenvalue weighted by Gasteiger charge is 2.34. The van der Waals surface area contributed by atoms with Gasteiger partial charge in [0.25, 0.3) is 0 Å². The Bertz CT molecular complexity index is 322. The second kappa shape index (κ2) is 4.45. The Morgan fingerprint density at radius 3 is 2.93 bits per heavy atom. The first kappa shape index (κ1) is 10.8. The van der Waals surface area contributed by atoms with Gasteiger partial charge < -0.3 is 4.74 Å². The largest absolute Gasteiger partial charge is 0.373 e. The van der Waals surface area contributed by atoms with Crippen LogP contribution in [0.1, 0.15) is 25.1 Å². The SMILES string of the molecule is Cn1nnc(CC2(CCl)CCCCO2)n1. The van der Waals surface area contributed by atoms with Crippen molar-refractivity contribution in [1.29, 1.82) is 0 Å². The molecule has 1 aliphatic rings. The average molecular weight is 231 g/mol. The van der Waals surface area contributed by atoms with E-state index in [1.165, 1.54) is 4.80 Å². The Labute approximate surface area is 93.7 Å². The van der Waals surface area contributed by atoms with Crippen LogP contribution in [0.4, 0.5) is 0 Å². The van der Waals surface area contributed by atoms with Gasteiger partial charge in [0.05, 0.1) is 18.5 Å². The molecule has 1 unspecified atom stereocenters. The third-order valence-corrected chi connectivity index (χ3v) is 3.20. The van der Waals surface area contributed by atoms with Gasteiger partial charge in [0.15, 0.2) is 5.82 Å². The Hall–Kier alpha value is -0.680. The van der Waals surface area contributed by atoms with Crippen LogP contribution in [0.3, 0.4) is 0 Å². The molecule has 0 spiro atoms. The molecule has 0 aromatic carbocycles. The van der Waals surface area contributed by atoms with Gasteiger partial charge in [-0.15, -0.1) is 21.8 Å². The lowest BCUT2D eigenvalue weighted by Gasteiger charge is -2.34. The van der Waals surface area contributed by atoms with Gasteiger partial charge in [0.2, 0.25) is 0 Å². The number of alkyl halides is 1. The lowest BCUT2D eigenvalue weighted by Crippen LogP contribution is -2.40. The van der Waals surface area contributed by atoms with Crippen LogP contribution in [-0.4, -0.2) is 38.3 Å². The molecule has 1 saturated heterocycles. The fraction of sp³-hybridized carbons (Fsp3) is 0.889. The van der Waals surface area contributed by atoms with Crippen molar-refractivity contribution in [1.82, 2.24) is 20.2 Å². The molecule has 6 heteroatoms. The highest BCUT2D eigenvalue weighted by molar-refractivity contribution is 6.18. The zero-order valence-electron chi connectivity index (χ0n) is 8.82. The molecule has 0 N–H and O–H groups in total. The summed E-state index contributed by atoms with van der Waals surface area (Å²) in [4.78, 5) is 1.46. The molecular formula is C9H15ClN4O. The summed E-state index contributed by atoms with van der Waals surface area (Å²) in [5.74, 6) is 1.20. The lowest BCUT2D eigenvalue weighted by atomic mass is 9.92. The van der Waals surface area contributed by atoms with Crippen molar-refractivity contribution >= 4 is 11.6 Å². The summed E-state index contributed by atoms with van der Waals surface area (Å²) in [5.41, 5.74) is -0.275. The Kier molecular flexibility index (Phi) is 3.21. The maximum absolute atomic E-state index is 5.99. The van der Waals surface area contributed by atoms with Crippen LogP contribution in [0.15, 0.2) is 0 Å². The fourth-order valence-electron chi connectivity index (χ4n) is 1.88. The fourth-order valence-corrected chi connectivity index (χ4v) is 2.19. The molecular weight excluding hydrogens is 216 g/mol. The summed E-state index contributed by atoms with van der Waals surface area (Å²) in [6.07, 6.45) is 3.92. The van der Waals surface area contributed by atoms with Crippen molar-refractivity contribution < 1.29 is 4.74 Å². The van der Waals surface area contributed by atoms with Gasteiger partial charge in [-0.05, 0) is 24.5 Å². The van der Waals surface area contributed by atoms with Gasteiger partial charge in [0.1, 0.15) is 0 Å². The van der Waals surface area contributed by atoms with Gasteiger partial charge >= 0.3 is 0 Å². The van der Waals surface area contributed by atoms with E-state index in [2.05, 4.69) is 15.4 Å². The van der Waals surface area contributed by atoms with Crippen molar-refractivity contribution in [2.24, 2.45) is 7.05 Å². The summed E-state index contributed by atoms with van der Waals surface area (Å²) in [7, 11) is 1.76. The summed E-state index contributed by atoms with van der Waals surface area (Å²) < 4.78 is 5.78. The third kappa shape index (κ3) is 2.46. The molecule has 2 heterocycles. The number of aryl methyl sites for hydroxylation is 1. The molecule has 5 nitrogen and oxygen atoms in total. The number of hydrogen-bond acceptors (Lipinski definition) is 4. The van der Waals surface area contributed by atoms with E-state index in [9.17, 15) is 0 Å². The minimum Gasteiger partial charge on any atom is -0.373 e. The highest BCUT2D eigenvalue weighted by atomic mass is 35.5. The maximum Gasteiger partial charge on any atom is 0.177 e. The molecule has 0 radical (unpaired) electrons. The first-order valence-electron chi connectivity index (χ1n) is 5.17. The summed E-state index contributed by atoms with van der Waals surface area (Å²) in [6.45, 7) is 0.785. The smallest absolute Gasteiger partial charge is 0.177 e. The standard InChI is InChI=1S/C9H15ClN4O/c1-14-12-8(11-13-14)6-9(7-10)4-2-3-5-15-9/h2-7H2,1H3. The van der Waals surface area contributed by atoms with Crippen molar-refractivity contribution in [2.75, 3.05) is 12.5 Å². The quantitative estimate of drug-likeness (QED) is 0.725. The number of ether oxygens (including phenoxy) is 1. The number of aromatic nitrogens is 4. The minimum absolute atomic E-state index is 0.275. The molecule has 0 saturated carbocycles.